The van der Waals surface area contributed by atoms with Gasteiger partial charge < -0.3 is 15.7 Å². The molecular weight excluding hydrogens is 254 g/mol. The maximum atomic E-state index is 12.0. The summed E-state index contributed by atoms with van der Waals surface area (Å²) in [5, 5.41) is 23.5. The van der Waals surface area contributed by atoms with Crippen LogP contribution in [0.25, 0.3) is 0 Å². The van der Waals surface area contributed by atoms with E-state index in [0.29, 0.717) is 17.7 Å². The first-order chi connectivity index (χ1) is 9.44. The SMILES string of the molecule is CCC(C)(CCO)NC(=O)Nc1cc(C#N)ccc1C. The number of nitriles is 1. The van der Waals surface area contributed by atoms with Crippen LogP contribution in [0.1, 0.15) is 37.8 Å². The molecule has 1 aromatic rings. The zero-order chi connectivity index (χ0) is 15.2. The summed E-state index contributed by atoms with van der Waals surface area (Å²) in [7, 11) is 0. The van der Waals surface area contributed by atoms with Crippen LogP contribution >= 0.6 is 0 Å². The van der Waals surface area contributed by atoms with Gasteiger partial charge in [-0.1, -0.05) is 13.0 Å². The second-order valence-electron chi connectivity index (χ2n) is 5.11. The lowest BCUT2D eigenvalue weighted by atomic mass is 9.95. The highest BCUT2D eigenvalue weighted by Gasteiger charge is 2.23. The fourth-order valence-corrected chi connectivity index (χ4v) is 1.83. The molecule has 0 saturated carbocycles. The number of urea groups is 1. The number of nitrogens with one attached hydrogen (secondary N) is 2. The Bertz CT molecular complexity index is 522. The lowest BCUT2D eigenvalue weighted by Gasteiger charge is -2.29. The molecule has 1 rings (SSSR count). The molecule has 0 fully saturated rings. The number of rotatable bonds is 5. The number of hydrogen-bond acceptors (Lipinski definition) is 3. The molecular formula is C15H21N3O2. The van der Waals surface area contributed by atoms with Gasteiger partial charge in [0.05, 0.1) is 11.6 Å². The molecule has 5 nitrogen and oxygen atoms in total. The zero-order valence-corrected chi connectivity index (χ0v) is 12.2. The van der Waals surface area contributed by atoms with Gasteiger partial charge in [0.2, 0.25) is 0 Å². The predicted molar refractivity (Wildman–Crippen MR) is 78.4 cm³/mol. The third-order valence-electron chi connectivity index (χ3n) is 3.47. The number of hydrogen-bond donors (Lipinski definition) is 3. The monoisotopic (exact) mass is 275 g/mol. The molecule has 0 aliphatic carbocycles. The summed E-state index contributed by atoms with van der Waals surface area (Å²) in [5.41, 5.74) is 1.56. The summed E-state index contributed by atoms with van der Waals surface area (Å²) >= 11 is 0. The topological polar surface area (TPSA) is 85.2 Å². The van der Waals surface area contributed by atoms with Crippen molar-refractivity contribution in [3.63, 3.8) is 0 Å². The first-order valence-electron chi connectivity index (χ1n) is 6.65. The first kappa shape index (κ1) is 16.0. The van der Waals surface area contributed by atoms with Crippen LogP contribution in [-0.4, -0.2) is 23.3 Å². The molecule has 0 aliphatic heterocycles. The van der Waals surface area contributed by atoms with Crippen LogP contribution in [-0.2, 0) is 0 Å². The molecule has 1 atom stereocenters. The van der Waals surface area contributed by atoms with E-state index in [1.54, 1.807) is 18.2 Å². The van der Waals surface area contributed by atoms with Crippen molar-refractivity contribution in [1.82, 2.24) is 5.32 Å². The quantitative estimate of drug-likeness (QED) is 0.772. The Morgan fingerprint density at radius 2 is 2.20 bits per heavy atom. The lowest BCUT2D eigenvalue weighted by molar-refractivity contribution is 0.208. The molecule has 3 N–H and O–H groups in total. The molecule has 0 saturated heterocycles. The van der Waals surface area contributed by atoms with Gasteiger partial charge in [0.1, 0.15) is 0 Å². The van der Waals surface area contributed by atoms with E-state index in [0.717, 1.165) is 12.0 Å². The van der Waals surface area contributed by atoms with E-state index in [4.69, 9.17) is 10.4 Å². The molecule has 1 aromatic carbocycles. The van der Waals surface area contributed by atoms with E-state index in [1.165, 1.54) is 0 Å². The normalized spacial score (nSPS) is 13.2. The molecule has 2 amide bonds. The number of aliphatic hydroxyl groups excluding tert-OH is 1. The molecule has 0 spiro atoms. The van der Waals surface area contributed by atoms with Crippen molar-refractivity contribution in [2.45, 2.75) is 39.2 Å². The summed E-state index contributed by atoms with van der Waals surface area (Å²) in [6, 6.07) is 6.85. The van der Waals surface area contributed by atoms with Crippen molar-refractivity contribution in [1.29, 1.82) is 5.26 Å². The Kier molecular flexibility index (Phi) is 5.53. The van der Waals surface area contributed by atoms with E-state index in [1.807, 2.05) is 26.8 Å². The summed E-state index contributed by atoms with van der Waals surface area (Å²) < 4.78 is 0. The highest BCUT2D eigenvalue weighted by molar-refractivity contribution is 5.90. The van der Waals surface area contributed by atoms with Crippen molar-refractivity contribution >= 4 is 11.7 Å². The largest absolute Gasteiger partial charge is 0.396 e. The van der Waals surface area contributed by atoms with Crippen LogP contribution in [0, 0.1) is 18.3 Å². The van der Waals surface area contributed by atoms with Crippen molar-refractivity contribution in [2.75, 3.05) is 11.9 Å². The maximum absolute atomic E-state index is 12.0. The summed E-state index contributed by atoms with van der Waals surface area (Å²) in [4.78, 5) is 12.0. The number of anilines is 1. The molecule has 0 bridgehead atoms. The van der Waals surface area contributed by atoms with Gasteiger partial charge in [0.15, 0.2) is 0 Å². The predicted octanol–water partition coefficient (Wildman–Crippen LogP) is 2.54. The van der Waals surface area contributed by atoms with E-state index < -0.39 is 5.54 Å². The number of aliphatic hydroxyl groups is 1. The molecule has 0 aliphatic rings. The highest BCUT2D eigenvalue weighted by Crippen LogP contribution is 2.18. The molecule has 0 radical (unpaired) electrons. The van der Waals surface area contributed by atoms with E-state index in [9.17, 15) is 4.79 Å². The Morgan fingerprint density at radius 1 is 1.50 bits per heavy atom. The van der Waals surface area contributed by atoms with E-state index in [-0.39, 0.29) is 12.6 Å². The second kappa shape index (κ2) is 6.92. The summed E-state index contributed by atoms with van der Waals surface area (Å²) in [6.45, 7) is 5.73. The van der Waals surface area contributed by atoms with Crippen molar-refractivity contribution < 1.29 is 9.90 Å². The molecule has 0 heterocycles. The van der Waals surface area contributed by atoms with Crippen LogP contribution in [0.4, 0.5) is 10.5 Å². The minimum atomic E-state index is -0.445. The van der Waals surface area contributed by atoms with Crippen LogP contribution < -0.4 is 10.6 Å². The maximum Gasteiger partial charge on any atom is 0.319 e. The molecule has 5 heteroatoms. The van der Waals surface area contributed by atoms with Gasteiger partial charge >= 0.3 is 6.03 Å². The number of benzene rings is 1. The van der Waals surface area contributed by atoms with Gasteiger partial charge in [-0.05, 0) is 44.4 Å². The fourth-order valence-electron chi connectivity index (χ4n) is 1.83. The third kappa shape index (κ3) is 4.25. The van der Waals surface area contributed by atoms with Crippen molar-refractivity contribution in [3.05, 3.63) is 29.3 Å². The van der Waals surface area contributed by atoms with E-state index >= 15 is 0 Å². The minimum Gasteiger partial charge on any atom is -0.396 e. The molecule has 20 heavy (non-hydrogen) atoms. The summed E-state index contributed by atoms with van der Waals surface area (Å²) in [5.74, 6) is 0. The van der Waals surface area contributed by atoms with Crippen LogP contribution in [0.3, 0.4) is 0 Å². The van der Waals surface area contributed by atoms with Crippen LogP contribution in [0.2, 0.25) is 0 Å². The van der Waals surface area contributed by atoms with Gasteiger partial charge in [-0.2, -0.15) is 5.26 Å². The lowest BCUT2D eigenvalue weighted by Crippen LogP contribution is -2.48. The second-order valence-corrected chi connectivity index (χ2v) is 5.11. The minimum absolute atomic E-state index is 0.0214. The Balaban J connectivity index is 2.78. The van der Waals surface area contributed by atoms with Gasteiger partial charge in [0, 0.05) is 17.8 Å². The van der Waals surface area contributed by atoms with Crippen LogP contribution in [0.15, 0.2) is 18.2 Å². The summed E-state index contributed by atoms with van der Waals surface area (Å²) in [6.07, 6.45) is 1.21. The average molecular weight is 275 g/mol. The van der Waals surface area contributed by atoms with Crippen molar-refractivity contribution in [2.24, 2.45) is 0 Å². The first-order valence-corrected chi connectivity index (χ1v) is 6.65. The average Bonchev–Trinajstić information content (AvgIpc) is 2.41. The van der Waals surface area contributed by atoms with Gasteiger partial charge in [-0.15, -0.1) is 0 Å². The molecule has 0 aromatic heterocycles. The number of amides is 2. The molecule has 1 unspecified atom stereocenters. The van der Waals surface area contributed by atoms with Crippen LogP contribution in [0.5, 0.6) is 0 Å². The van der Waals surface area contributed by atoms with E-state index in [2.05, 4.69) is 10.6 Å². The smallest absolute Gasteiger partial charge is 0.319 e. The Labute approximate surface area is 119 Å². The highest BCUT2D eigenvalue weighted by atomic mass is 16.3. The zero-order valence-electron chi connectivity index (χ0n) is 12.2. The number of aryl methyl sites for hydroxylation is 1. The fraction of sp³-hybridized carbons (Fsp3) is 0.467. The van der Waals surface area contributed by atoms with Gasteiger partial charge in [-0.25, -0.2) is 4.79 Å². The number of carbonyl (C=O) groups is 1. The standard InChI is InChI=1S/C15H21N3O2/c1-4-15(3,7-8-19)18-14(20)17-13-9-12(10-16)6-5-11(13)2/h5-6,9,19H,4,7-8H2,1-3H3,(H2,17,18,20). The Morgan fingerprint density at radius 3 is 2.75 bits per heavy atom. The third-order valence-corrected chi connectivity index (χ3v) is 3.47. The van der Waals surface area contributed by atoms with Gasteiger partial charge in [0.25, 0.3) is 0 Å². The molecule has 108 valence electrons. The number of nitrogens with zero attached hydrogens (tertiary/aromatic N) is 1. The van der Waals surface area contributed by atoms with Gasteiger partial charge in [-0.3, -0.25) is 0 Å². The van der Waals surface area contributed by atoms with Crippen molar-refractivity contribution in [3.8, 4) is 6.07 Å². The Hall–Kier alpha value is -2.06. The number of carbonyl (C=O) groups excluding carboxylic acids is 1.